The van der Waals surface area contributed by atoms with Gasteiger partial charge in [0, 0.05) is 32.7 Å². The molecule has 0 aromatic heterocycles. The highest BCUT2D eigenvalue weighted by Gasteiger charge is 2.26. The van der Waals surface area contributed by atoms with Crippen LogP contribution in [0.5, 0.6) is 0 Å². The summed E-state index contributed by atoms with van der Waals surface area (Å²) in [5.41, 5.74) is 0. The van der Waals surface area contributed by atoms with Gasteiger partial charge in [0.1, 0.15) is 0 Å². The molecule has 0 aliphatic carbocycles. The maximum absolute atomic E-state index is 12.2. The van der Waals surface area contributed by atoms with Gasteiger partial charge in [-0.25, -0.2) is 0 Å². The lowest BCUT2D eigenvalue weighted by Gasteiger charge is -2.31. The van der Waals surface area contributed by atoms with Gasteiger partial charge in [-0.1, -0.05) is 6.92 Å². The molecule has 0 bridgehead atoms. The third-order valence-corrected chi connectivity index (χ3v) is 4.25. The number of carbonyl (C=O) groups is 1. The molecular weight excluding hydrogens is 228 g/mol. The summed E-state index contributed by atoms with van der Waals surface area (Å²) in [4.78, 5) is 14.0. The van der Waals surface area contributed by atoms with Gasteiger partial charge in [-0.3, -0.25) is 4.79 Å². The minimum absolute atomic E-state index is 0.247. The van der Waals surface area contributed by atoms with Crippen LogP contribution in [0.3, 0.4) is 0 Å². The molecule has 0 radical (unpaired) electrons. The third-order valence-electron chi connectivity index (χ3n) is 4.25. The highest BCUT2D eigenvalue weighted by Crippen LogP contribution is 2.19. The fourth-order valence-corrected chi connectivity index (χ4v) is 2.93. The zero-order chi connectivity index (χ0) is 13.0. The lowest BCUT2D eigenvalue weighted by atomic mass is 9.90. The van der Waals surface area contributed by atoms with Crippen LogP contribution in [0.25, 0.3) is 0 Å². The molecule has 2 rings (SSSR count). The van der Waals surface area contributed by atoms with Crippen LogP contribution in [0, 0.1) is 5.92 Å². The van der Waals surface area contributed by atoms with Gasteiger partial charge in [0.05, 0.1) is 6.10 Å². The molecule has 1 amide bonds. The van der Waals surface area contributed by atoms with Crippen molar-refractivity contribution in [2.75, 3.05) is 26.7 Å². The number of hydrogen-bond donors (Lipinski definition) is 1. The lowest BCUT2D eigenvalue weighted by molar-refractivity contribution is -0.132. The standard InChI is InChI=1S/C14H26N2O2/c1-11-5-3-7-15-13(11)9-14(17)16(2)10-12-6-4-8-18-12/h11-13,15H,3-10H2,1-2H3. The van der Waals surface area contributed by atoms with Gasteiger partial charge in [-0.15, -0.1) is 0 Å². The number of hydrogen-bond acceptors (Lipinski definition) is 3. The molecule has 2 aliphatic heterocycles. The Kier molecular flexibility index (Phi) is 5.01. The molecule has 18 heavy (non-hydrogen) atoms. The van der Waals surface area contributed by atoms with Crippen molar-refractivity contribution in [2.24, 2.45) is 5.92 Å². The van der Waals surface area contributed by atoms with Crippen LogP contribution in [-0.4, -0.2) is 49.7 Å². The predicted molar refractivity (Wildman–Crippen MR) is 71.4 cm³/mol. The zero-order valence-electron chi connectivity index (χ0n) is 11.7. The number of piperidine rings is 1. The van der Waals surface area contributed by atoms with E-state index in [1.165, 1.54) is 12.8 Å². The van der Waals surface area contributed by atoms with Gasteiger partial charge in [0.25, 0.3) is 0 Å². The Morgan fingerprint density at radius 1 is 1.39 bits per heavy atom. The SMILES string of the molecule is CC1CCCNC1CC(=O)N(C)CC1CCCO1. The quantitative estimate of drug-likeness (QED) is 0.824. The van der Waals surface area contributed by atoms with Crippen LogP contribution in [0.2, 0.25) is 0 Å². The molecule has 2 heterocycles. The number of rotatable bonds is 4. The second-order valence-electron chi connectivity index (χ2n) is 5.79. The topological polar surface area (TPSA) is 41.6 Å². The largest absolute Gasteiger partial charge is 0.376 e. The molecule has 2 saturated heterocycles. The fraction of sp³-hybridized carbons (Fsp3) is 0.929. The van der Waals surface area contributed by atoms with Crippen molar-refractivity contribution in [3.8, 4) is 0 Å². The minimum Gasteiger partial charge on any atom is -0.376 e. The average molecular weight is 254 g/mol. The van der Waals surface area contributed by atoms with Crippen molar-refractivity contribution >= 4 is 5.91 Å². The number of nitrogens with one attached hydrogen (secondary N) is 1. The second kappa shape index (κ2) is 6.53. The predicted octanol–water partition coefficient (Wildman–Crippen LogP) is 1.40. The molecule has 3 unspecified atom stereocenters. The van der Waals surface area contributed by atoms with Gasteiger partial charge in [0.15, 0.2) is 0 Å². The molecule has 4 heteroatoms. The number of carbonyl (C=O) groups excluding carboxylic acids is 1. The summed E-state index contributed by atoms with van der Waals surface area (Å²) < 4.78 is 5.58. The second-order valence-corrected chi connectivity index (χ2v) is 5.79. The lowest BCUT2D eigenvalue weighted by Crippen LogP contribution is -2.44. The molecule has 4 nitrogen and oxygen atoms in total. The molecule has 1 N–H and O–H groups in total. The Morgan fingerprint density at radius 2 is 2.22 bits per heavy atom. The van der Waals surface area contributed by atoms with E-state index in [1.807, 2.05) is 11.9 Å². The molecule has 0 aromatic rings. The molecule has 2 fully saturated rings. The van der Waals surface area contributed by atoms with Crippen molar-refractivity contribution in [1.29, 1.82) is 0 Å². The maximum Gasteiger partial charge on any atom is 0.223 e. The Morgan fingerprint density at radius 3 is 2.89 bits per heavy atom. The normalized spacial score (nSPS) is 32.4. The Balaban J connectivity index is 1.75. The van der Waals surface area contributed by atoms with Crippen molar-refractivity contribution in [2.45, 2.75) is 51.2 Å². The first-order valence-electron chi connectivity index (χ1n) is 7.26. The average Bonchev–Trinajstić information content (AvgIpc) is 2.84. The van der Waals surface area contributed by atoms with E-state index < -0.39 is 0 Å². The molecule has 2 aliphatic rings. The number of ether oxygens (including phenoxy) is 1. The van der Waals surface area contributed by atoms with Crippen LogP contribution >= 0.6 is 0 Å². The molecule has 0 aromatic carbocycles. The van der Waals surface area contributed by atoms with E-state index in [4.69, 9.17) is 4.74 Å². The third kappa shape index (κ3) is 3.69. The van der Waals surface area contributed by atoms with E-state index in [0.717, 1.165) is 32.5 Å². The number of likely N-dealkylation sites (N-methyl/N-ethyl adjacent to an activating group) is 1. The van der Waals surface area contributed by atoms with Crippen LogP contribution in [0.15, 0.2) is 0 Å². The molecule has 104 valence electrons. The Labute approximate surface area is 110 Å². The first-order valence-corrected chi connectivity index (χ1v) is 7.26. The summed E-state index contributed by atoms with van der Waals surface area (Å²) in [5.74, 6) is 0.857. The maximum atomic E-state index is 12.2. The minimum atomic E-state index is 0.247. The van der Waals surface area contributed by atoms with E-state index in [-0.39, 0.29) is 12.0 Å². The van der Waals surface area contributed by atoms with Crippen LogP contribution in [0.4, 0.5) is 0 Å². The summed E-state index contributed by atoms with van der Waals surface area (Å²) in [6.45, 7) is 4.90. The highest BCUT2D eigenvalue weighted by atomic mass is 16.5. The van der Waals surface area contributed by atoms with Crippen LogP contribution in [0.1, 0.15) is 39.0 Å². The zero-order valence-corrected chi connectivity index (χ0v) is 11.7. The van der Waals surface area contributed by atoms with Gasteiger partial charge in [-0.2, -0.15) is 0 Å². The van der Waals surface area contributed by atoms with Gasteiger partial charge < -0.3 is 15.0 Å². The summed E-state index contributed by atoms with van der Waals surface area (Å²) in [5, 5.41) is 3.47. The molecule has 0 saturated carbocycles. The van der Waals surface area contributed by atoms with E-state index in [9.17, 15) is 4.79 Å². The smallest absolute Gasteiger partial charge is 0.223 e. The van der Waals surface area contributed by atoms with Crippen molar-refractivity contribution in [3.63, 3.8) is 0 Å². The summed E-state index contributed by atoms with van der Waals surface area (Å²) in [7, 11) is 1.90. The summed E-state index contributed by atoms with van der Waals surface area (Å²) in [6, 6.07) is 0.359. The van der Waals surface area contributed by atoms with Crippen LogP contribution < -0.4 is 5.32 Å². The van der Waals surface area contributed by atoms with Crippen molar-refractivity contribution < 1.29 is 9.53 Å². The van der Waals surface area contributed by atoms with E-state index in [2.05, 4.69) is 12.2 Å². The molecular formula is C14H26N2O2. The first-order chi connectivity index (χ1) is 8.66. The molecule has 3 atom stereocenters. The monoisotopic (exact) mass is 254 g/mol. The van der Waals surface area contributed by atoms with Crippen molar-refractivity contribution in [3.05, 3.63) is 0 Å². The van der Waals surface area contributed by atoms with Gasteiger partial charge in [0.2, 0.25) is 5.91 Å². The molecule has 0 spiro atoms. The van der Waals surface area contributed by atoms with E-state index in [1.54, 1.807) is 0 Å². The Bertz CT molecular complexity index is 277. The van der Waals surface area contributed by atoms with Gasteiger partial charge >= 0.3 is 0 Å². The fourth-order valence-electron chi connectivity index (χ4n) is 2.93. The number of nitrogens with zero attached hydrogens (tertiary/aromatic N) is 1. The Hall–Kier alpha value is -0.610. The summed E-state index contributed by atoms with van der Waals surface area (Å²) >= 11 is 0. The van der Waals surface area contributed by atoms with Crippen molar-refractivity contribution in [1.82, 2.24) is 10.2 Å². The van der Waals surface area contributed by atoms with Crippen LogP contribution in [-0.2, 0) is 9.53 Å². The summed E-state index contributed by atoms with van der Waals surface area (Å²) in [6.07, 6.45) is 5.59. The first kappa shape index (κ1) is 13.8. The van der Waals surface area contributed by atoms with Gasteiger partial charge in [-0.05, 0) is 38.1 Å². The van der Waals surface area contributed by atoms with E-state index in [0.29, 0.717) is 18.4 Å². The highest BCUT2D eigenvalue weighted by molar-refractivity contribution is 5.76. The van der Waals surface area contributed by atoms with E-state index >= 15 is 0 Å². The number of amides is 1.